The van der Waals surface area contributed by atoms with E-state index < -0.39 is 17.8 Å². The summed E-state index contributed by atoms with van der Waals surface area (Å²) in [5, 5.41) is 3.00. The fourth-order valence-electron chi connectivity index (χ4n) is 3.23. The molecule has 3 heterocycles. The summed E-state index contributed by atoms with van der Waals surface area (Å²) in [5.41, 5.74) is 0.476. The zero-order valence-electron chi connectivity index (χ0n) is 14.2. The SMILES string of the molecule is Cc1oc2ncn(C)c(=O)c2c1C(=O)N[C@H]1CCOc2c(F)cccc21. The molecule has 3 aromatic rings. The van der Waals surface area contributed by atoms with E-state index in [0.29, 0.717) is 17.7 Å². The van der Waals surface area contributed by atoms with E-state index in [1.807, 2.05) is 0 Å². The van der Waals surface area contributed by atoms with E-state index in [1.165, 1.54) is 17.0 Å². The van der Waals surface area contributed by atoms with Crippen LogP contribution in [0.5, 0.6) is 5.75 Å². The molecular weight excluding hydrogens is 341 g/mol. The molecule has 1 aromatic carbocycles. The number of nitrogens with one attached hydrogen (secondary N) is 1. The average molecular weight is 357 g/mol. The minimum Gasteiger partial charge on any atom is -0.490 e. The molecule has 0 fully saturated rings. The largest absolute Gasteiger partial charge is 0.490 e. The number of benzene rings is 1. The molecule has 8 heteroatoms. The van der Waals surface area contributed by atoms with E-state index in [9.17, 15) is 14.0 Å². The highest BCUT2D eigenvalue weighted by Crippen LogP contribution is 2.34. The number of hydrogen-bond acceptors (Lipinski definition) is 5. The van der Waals surface area contributed by atoms with Gasteiger partial charge in [0.1, 0.15) is 17.5 Å². The minimum atomic E-state index is -0.468. The van der Waals surface area contributed by atoms with Crippen LogP contribution in [-0.4, -0.2) is 22.1 Å². The zero-order chi connectivity index (χ0) is 18.4. The number of aromatic nitrogens is 2. The molecule has 0 spiro atoms. The second-order valence-corrected chi connectivity index (χ2v) is 6.20. The van der Waals surface area contributed by atoms with Crippen molar-refractivity contribution >= 4 is 17.0 Å². The Morgan fingerprint density at radius 2 is 2.23 bits per heavy atom. The van der Waals surface area contributed by atoms with Gasteiger partial charge in [0.2, 0.25) is 5.71 Å². The Balaban J connectivity index is 1.74. The van der Waals surface area contributed by atoms with Crippen molar-refractivity contribution in [3.63, 3.8) is 0 Å². The van der Waals surface area contributed by atoms with E-state index in [2.05, 4.69) is 10.3 Å². The maximum absolute atomic E-state index is 13.9. The maximum atomic E-state index is 13.9. The van der Waals surface area contributed by atoms with Crippen LogP contribution in [0, 0.1) is 12.7 Å². The normalized spacial score (nSPS) is 16.2. The molecule has 1 atom stereocenters. The molecule has 0 unspecified atom stereocenters. The summed E-state index contributed by atoms with van der Waals surface area (Å²) in [6.45, 7) is 1.89. The standard InChI is InChI=1S/C18H16FN3O4/c1-9-13(14-17(26-9)20-8-22(2)18(14)24)16(23)21-12-6-7-25-15-10(12)4-3-5-11(15)19/h3-5,8,12H,6-7H2,1-2H3,(H,21,23)/t12-/m0/s1. The van der Waals surface area contributed by atoms with Crippen LogP contribution in [0.3, 0.4) is 0 Å². The molecule has 1 amide bonds. The number of halogens is 1. The van der Waals surface area contributed by atoms with E-state index in [1.54, 1.807) is 26.1 Å². The Hall–Kier alpha value is -3.16. The zero-order valence-corrected chi connectivity index (χ0v) is 14.2. The van der Waals surface area contributed by atoms with Gasteiger partial charge < -0.3 is 19.0 Å². The van der Waals surface area contributed by atoms with Crippen LogP contribution in [0.25, 0.3) is 11.1 Å². The molecule has 26 heavy (non-hydrogen) atoms. The van der Waals surface area contributed by atoms with Crippen molar-refractivity contribution in [2.24, 2.45) is 7.05 Å². The van der Waals surface area contributed by atoms with Crippen molar-refractivity contribution in [3.8, 4) is 5.75 Å². The summed E-state index contributed by atoms with van der Waals surface area (Å²) in [5.74, 6) is -0.479. The van der Waals surface area contributed by atoms with Crippen molar-refractivity contribution in [1.82, 2.24) is 14.9 Å². The number of nitrogens with zero attached hydrogens (tertiary/aromatic N) is 2. The number of carbonyl (C=O) groups is 1. The molecule has 0 saturated carbocycles. The molecule has 2 aromatic heterocycles. The first kappa shape index (κ1) is 16.3. The first-order valence-electron chi connectivity index (χ1n) is 8.14. The van der Waals surface area contributed by atoms with E-state index in [-0.39, 0.29) is 34.6 Å². The number of amides is 1. The molecule has 0 bridgehead atoms. The topological polar surface area (TPSA) is 86.4 Å². The Kier molecular flexibility index (Phi) is 3.75. The Bertz CT molecular complexity index is 1090. The molecule has 7 nitrogen and oxygen atoms in total. The molecule has 1 aliphatic heterocycles. The first-order valence-corrected chi connectivity index (χ1v) is 8.14. The quantitative estimate of drug-likeness (QED) is 0.760. The van der Waals surface area contributed by atoms with Gasteiger partial charge in [0.25, 0.3) is 11.5 Å². The Morgan fingerprint density at radius 3 is 3.04 bits per heavy atom. The van der Waals surface area contributed by atoms with E-state index >= 15 is 0 Å². The van der Waals surface area contributed by atoms with Gasteiger partial charge >= 0.3 is 0 Å². The molecular formula is C18H16FN3O4. The summed E-state index contributed by atoms with van der Waals surface area (Å²) in [4.78, 5) is 29.3. The first-order chi connectivity index (χ1) is 12.5. The van der Waals surface area contributed by atoms with Gasteiger partial charge in [-0.2, -0.15) is 0 Å². The van der Waals surface area contributed by atoms with Crippen LogP contribution < -0.4 is 15.6 Å². The fraction of sp³-hybridized carbons (Fsp3) is 0.278. The summed E-state index contributed by atoms with van der Waals surface area (Å²) < 4.78 is 26.0. The van der Waals surface area contributed by atoms with Crippen LogP contribution in [0.15, 0.2) is 33.7 Å². The molecule has 4 rings (SSSR count). The third-order valence-electron chi connectivity index (χ3n) is 4.51. The van der Waals surface area contributed by atoms with Gasteiger partial charge in [-0.15, -0.1) is 0 Å². The predicted molar refractivity (Wildman–Crippen MR) is 90.7 cm³/mol. The van der Waals surface area contributed by atoms with Gasteiger partial charge in [-0.25, -0.2) is 9.37 Å². The lowest BCUT2D eigenvalue weighted by Gasteiger charge is -2.26. The van der Waals surface area contributed by atoms with Crippen LogP contribution >= 0.6 is 0 Å². The number of fused-ring (bicyclic) bond motifs is 2. The van der Waals surface area contributed by atoms with Gasteiger partial charge in [-0.3, -0.25) is 9.59 Å². The van der Waals surface area contributed by atoms with Gasteiger partial charge in [0.05, 0.1) is 18.2 Å². The smallest absolute Gasteiger partial charge is 0.265 e. The lowest BCUT2D eigenvalue weighted by molar-refractivity contribution is 0.0923. The van der Waals surface area contributed by atoms with Crippen molar-refractivity contribution < 1.29 is 18.3 Å². The molecule has 1 aliphatic rings. The number of rotatable bonds is 2. The van der Waals surface area contributed by atoms with Gasteiger partial charge in [-0.1, -0.05) is 12.1 Å². The van der Waals surface area contributed by atoms with Gasteiger partial charge in [0.15, 0.2) is 11.6 Å². The third-order valence-corrected chi connectivity index (χ3v) is 4.51. The van der Waals surface area contributed by atoms with Crippen LogP contribution in [0.2, 0.25) is 0 Å². The van der Waals surface area contributed by atoms with Crippen molar-refractivity contribution in [3.05, 3.63) is 57.6 Å². The van der Waals surface area contributed by atoms with Crippen LogP contribution in [0.1, 0.15) is 34.1 Å². The highest BCUT2D eigenvalue weighted by atomic mass is 19.1. The highest BCUT2D eigenvalue weighted by molar-refractivity contribution is 6.06. The summed E-state index contributed by atoms with van der Waals surface area (Å²) in [7, 11) is 1.55. The van der Waals surface area contributed by atoms with Crippen molar-refractivity contribution in [2.45, 2.75) is 19.4 Å². The van der Waals surface area contributed by atoms with Gasteiger partial charge in [-0.05, 0) is 13.0 Å². The number of aryl methyl sites for hydroxylation is 2. The van der Waals surface area contributed by atoms with Crippen molar-refractivity contribution in [2.75, 3.05) is 6.61 Å². The van der Waals surface area contributed by atoms with E-state index in [4.69, 9.17) is 9.15 Å². The second kappa shape index (κ2) is 5.98. The molecule has 0 aliphatic carbocycles. The molecule has 0 radical (unpaired) electrons. The highest BCUT2D eigenvalue weighted by Gasteiger charge is 2.28. The lowest BCUT2D eigenvalue weighted by atomic mass is 9.99. The molecule has 1 N–H and O–H groups in total. The number of furan rings is 1. The monoisotopic (exact) mass is 357 g/mol. The average Bonchev–Trinajstić information content (AvgIpc) is 2.96. The number of hydrogen-bond donors (Lipinski definition) is 1. The maximum Gasteiger partial charge on any atom is 0.265 e. The summed E-state index contributed by atoms with van der Waals surface area (Å²) >= 11 is 0. The minimum absolute atomic E-state index is 0.120. The van der Waals surface area contributed by atoms with Gasteiger partial charge in [0, 0.05) is 19.0 Å². The second-order valence-electron chi connectivity index (χ2n) is 6.20. The Morgan fingerprint density at radius 1 is 1.42 bits per heavy atom. The van der Waals surface area contributed by atoms with Crippen LogP contribution in [-0.2, 0) is 7.05 Å². The number of para-hydroxylation sites is 1. The molecule has 0 saturated heterocycles. The number of carbonyl (C=O) groups excluding carboxylic acids is 1. The predicted octanol–water partition coefficient (Wildman–Crippen LogP) is 2.23. The summed E-state index contributed by atoms with van der Waals surface area (Å²) in [6.07, 6.45) is 1.83. The van der Waals surface area contributed by atoms with E-state index in [0.717, 1.165) is 0 Å². The molecule has 134 valence electrons. The summed E-state index contributed by atoms with van der Waals surface area (Å²) in [6, 6.07) is 4.17. The van der Waals surface area contributed by atoms with Crippen LogP contribution in [0.4, 0.5) is 4.39 Å². The lowest BCUT2D eigenvalue weighted by Crippen LogP contribution is -2.33. The Labute approximate surface area is 147 Å². The number of ether oxygens (including phenoxy) is 1. The fourth-order valence-corrected chi connectivity index (χ4v) is 3.23. The van der Waals surface area contributed by atoms with Crippen molar-refractivity contribution in [1.29, 1.82) is 0 Å². The third kappa shape index (κ3) is 2.45.